The van der Waals surface area contributed by atoms with Gasteiger partial charge >= 0.3 is 5.97 Å². The minimum atomic E-state index is -1.04. The smallest absolute Gasteiger partial charge is 0.328 e. The fourth-order valence-corrected chi connectivity index (χ4v) is 7.40. The Kier molecular flexibility index (Phi) is 17.6. The quantitative estimate of drug-likeness (QED) is 0.145. The van der Waals surface area contributed by atoms with Crippen LogP contribution in [0.5, 0.6) is 0 Å². The predicted molar refractivity (Wildman–Crippen MR) is 204 cm³/mol. The first kappa shape index (κ1) is 44.2. The average Bonchev–Trinajstić information content (AvgIpc) is 3.58. The highest BCUT2D eigenvalue weighted by molar-refractivity contribution is 7.80. The lowest BCUT2D eigenvalue weighted by Crippen LogP contribution is -2.55. The molecular formula is C39H64N4O7S. The van der Waals surface area contributed by atoms with Crippen LogP contribution in [0, 0.1) is 23.7 Å². The largest absolute Gasteiger partial charge is 0.467 e. The number of amides is 2. The summed E-state index contributed by atoms with van der Waals surface area (Å²) in [7, 11) is 6.29. The molecule has 0 unspecified atom stereocenters. The number of carbonyl (C=O) groups excluding carboxylic acids is 4. The molecule has 0 radical (unpaired) electrons. The molecule has 2 rings (SSSR count). The van der Waals surface area contributed by atoms with Gasteiger partial charge in [-0.2, -0.15) is 0 Å². The number of nitrogens with zero attached hydrogens (tertiary/aromatic N) is 2. The number of likely N-dealkylation sites (tertiary alicyclic amines) is 1. The SMILES string of the molecule is CC[C@H](C)[C@@H]([C@@H](CC(=O)N1CCC[C@H]1[C@H](OC)[C@@H](C)C(=S)N[C@@H](Cc1ccccc1)C(=O)OC)OC)N(C)C(=O)[C@@H](CC(=O)C(C)(C)N)C(C)C. The number of thiocarbonyl (C=S) groups is 1. The van der Waals surface area contributed by atoms with Crippen LogP contribution < -0.4 is 11.1 Å². The third-order valence-corrected chi connectivity index (χ3v) is 11.1. The number of carbonyl (C=O) groups is 4. The Balaban J connectivity index is 2.27. The molecule has 1 aromatic carbocycles. The molecule has 11 nitrogen and oxygen atoms in total. The molecule has 2 amide bonds. The van der Waals surface area contributed by atoms with Crippen molar-refractivity contribution in [2.24, 2.45) is 29.4 Å². The van der Waals surface area contributed by atoms with Crippen LogP contribution in [0.4, 0.5) is 0 Å². The number of ether oxygens (including phenoxy) is 3. The zero-order chi connectivity index (χ0) is 38.6. The van der Waals surface area contributed by atoms with Gasteiger partial charge in [0.15, 0.2) is 5.78 Å². The zero-order valence-corrected chi connectivity index (χ0v) is 33.6. The maximum Gasteiger partial charge on any atom is 0.328 e. The third-order valence-electron chi connectivity index (χ3n) is 10.6. The Bertz CT molecular complexity index is 1300. The molecule has 3 N–H and O–H groups in total. The van der Waals surface area contributed by atoms with Gasteiger partial charge in [-0.05, 0) is 44.1 Å². The van der Waals surface area contributed by atoms with E-state index in [4.69, 9.17) is 32.2 Å². The normalized spacial score (nSPS) is 19.0. The van der Waals surface area contributed by atoms with Gasteiger partial charge in [0.1, 0.15) is 6.04 Å². The summed E-state index contributed by atoms with van der Waals surface area (Å²) in [4.78, 5) is 57.9. The summed E-state index contributed by atoms with van der Waals surface area (Å²) >= 11 is 5.83. The minimum Gasteiger partial charge on any atom is -0.467 e. The number of ketones is 1. The van der Waals surface area contributed by atoms with Crippen LogP contribution in [0.2, 0.25) is 0 Å². The molecule has 288 valence electrons. The minimum absolute atomic E-state index is 0.00868. The molecule has 8 atom stereocenters. The van der Waals surface area contributed by atoms with Gasteiger partial charge < -0.3 is 35.1 Å². The number of hydrogen-bond donors (Lipinski definition) is 2. The van der Waals surface area contributed by atoms with E-state index < -0.39 is 41.7 Å². The standard InChI is InChI=1S/C39H64N4O7S/c1-12-25(4)34(42(8)37(46)28(24(2)3)22-32(44)39(6,7)40)31(48-9)23-33(45)43-20-16-19-30(43)35(49-10)26(5)36(51)41-29(38(47)50-11)21-27-17-14-13-15-18-27/h13-15,17-18,24-26,28-31,34-35H,12,16,19-23,40H2,1-11H3,(H,41,51)/t25-,26+,28-,29-,30-,31+,34-,35+/m0/s1. The molecule has 51 heavy (non-hydrogen) atoms. The number of nitrogens with two attached hydrogens (primary N) is 1. The second-order valence-corrected chi connectivity index (χ2v) is 15.5. The number of nitrogens with one attached hydrogen (secondary N) is 1. The summed E-state index contributed by atoms with van der Waals surface area (Å²) in [5.74, 6) is -1.80. The van der Waals surface area contributed by atoms with Gasteiger partial charge in [0.25, 0.3) is 0 Å². The first-order chi connectivity index (χ1) is 23.9. The van der Waals surface area contributed by atoms with Gasteiger partial charge in [-0.15, -0.1) is 0 Å². The lowest BCUT2D eigenvalue weighted by atomic mass is 9.83. The van der Waals surface area contributed by atoms with E-state index in [1.165, 1.54) is 7.11 Å². The van der Waals surface area contributed by atoms with Crippen LogP contribution in [0.15, 0.2) is 30.3 Å². The van der Waals surface area contributed by atoms with Gasteiger partial charge in [0, 0.05) is 52.5 Å². The number of likely N-dealkylation sites (N-methyl/N-ethyl adjacent to an activating group) is 1. The summed E-state index contributed by atoms with van der Waals surface area (Å²) in [5, 5.41) is 3.22. The van der Waals surface area contributed by atoms with Crippen molar-refractivity contribution in [1.29, 1.82) is 0 Å². The fourth-order valence-electron chi connectivity index (χ4n) is 7.13. The maximum absolute atomic E-state index is 14.2. The second-order valence-electron chi connectivity index (χ2n) is 15.1. The summed E-state index contributed by atoms with van der Waals surface area (Å²) in [6.07, 6.45) is 1.78. The molecule has 1 fully saturated rings. The first-order valence-corrected chi connectivity index (χ1v) is 18.7. The summed E-state index contributed by atoms with van der Waals surface area (Å²) in [5.41, 5.74) is 6.01. The molecule has 1 aromatic rings. The molecule has 0 spiro atoms. The van der Waals surface area contributed by atoms with Crippen molar-refractivity contribution >= 4 is 40.8 Å². The predicted octanol–water partition coefficient (Wildman–Crippen LogP) is 4.58. The Morgan fingerprint density at radius 3 is 2.18 bits per heavy atom. The summed E-state index contributed by atoms with van der Waals surface area (Å²) in [6, 6.07) is 8.31. The van der Waals surface area contributed by atoms with Crippen LogP contribution in [0.25, 0.3) is 0 Å². The summed E-state index contributed by atoms with van der Waals surface area (Å²) < 4.78 is 17.1. The molecule has 12 heteroatoms. The van der Waals surface area contributed by atoms with Crippen LogP contribution >= 0.6 is 12.2 Å². The van der Waals surface area contributed by atoms with Crippen molar-refractivity contribution in [2.75, 3.05) is 34.9 Å². The first-order valence-electron chi connectivity index (χ1n) is 18.3. The van der Waals surface area contributed by atoms with E-state index in [-0.39, 0.29) is 54.2 Å². The number of benzene rings is 1. The molecule has 0 aliphatic carbocycles. The van der Waals surface area contributed by atoms with Crippen molar-refractivity contribution in [1.82, 2.24) is 15.1 Å². The Labute approximate surface area is 311 Å². The van der Waals surface area contributed by atoms with E-state index in [1.54, 1.807) is 40.0 Å². The number of methoxy groups -OCH3 is 3. The number of hydrogen-bond acceptors (Lipinski definition) is 9. The van der Waals surface area contributed by atoms with E-state index >= 15 is 0 Å². The maximum atomic E-state index is 14.2. The molecule has 1 heterocycles. The van der Waals surface area contributed by atoms with E-state index in [1.807, 2.05) is 62.9 Å². The van der Waals surface area contributed by atoms with E-state index in [2.05, 4.69) is 12.2 Å². The second kappa shape index (κ2) is 20.3. The van der Waals surface area contributed by atoms with E-state index in [9.17, 15) is 19.2 Å². The molecule has 0 bridgehead atoms. The van der Waals surface area contributed by atoms with Gasteiger partial charge in [-0.1, -0.05) is 83.6 Å². The van der Waals surface area contributed by atoms with E-state index in [0.717, 1.165) is 24.8 Å². The highest BCUT2D eigenvalue weighted by Crippen LogP contribution is 2.31. The van der Waals surface area contributed by atoms with Crippen LogP contribution in [-0.2, 0) is 39.8 Å². The highest BCUT2D eigenvalue weighted by atomic mass is 32.1. The van der Waals surface area contributed by atoms with Crippen LogP contribution in [-0.4, -0.2) is 109 Å². The van der Waals surface area contributed by atoms with Crippen molar-refractivity contribution in [3.05, 3.63) is 35.9 Å². The monoisotopic (exact) mass is 732 g/mol. The van der Waals surface area contributed by atoms with Crippen molar-refractivity contribution < 1.29 is 33.4 Å². The average molecular weight is 733 g/mol. The molecule has 1 aliphatic rings. The molecular weight excluding hydrogens is 669 g/mol. The van der Waals surface area contributed by atoms with Gasteiger partial charge in [-0.3, -0.25) is 14.4 Å². The summed E-state index contributed by atoms with van der Waals surface area (Å²) in [6.45, 7) is 13.8. The van der Waals surface area contributed by atoms with Crippen LogP contribution in [0.1, 0.15) is 86.1 Å². The van der Waals surface area contributed by atoms with Crippen LogP contribution in [0.3, 0.4) is 0 Å². The lowest BCUT2D eigenvalue weighted by molar-refractivity contribution is -0.148. The highest BCUT2D eigenvalue weighted by Gasteiger charge is 2.43. The number of rotatable bonds is 20. The number of Topliss-reactive ketones (excluding diaryl/α,β-unsaturated/α-hetero) is 1. The van der Waals surface area contributed by atoms with Gasteiger partial charge in [0.2, 0.25) is 11.8 Å². The fraction of sp³-hybridized carbons (Fsp3) is 0.718. The van der Waals surface area contributed by atoms with Gasteiger partial charge in [0.05, 0.1) is 48.3 Å². The van der Waals surface area contributed by atoms with Crippen molar-refractivity contribution in [3.8, 4) is 0 Å². The van der Waals surface area contributed by atoms with E-state index in [0.29, 0.717) is 18.0 Å². The molecule has 0 aromatic heterocycles. The molecule has 1 aliphatic heterocycles. The zero-order valence-electron chi connectivity index (χ0n) is 32.8. The lowest BCUT2D eigenvalue weighted by Gasteiger charge is -2.41. The van der Waals surface area contributed by atoms with Crippen molar-refractivity contribution in [2.45, 2.75) is 123 Å². The van der Waals surface area contributed by atoms with Gasteiger partial charge in [-0.25, -0.2) is 4.79 Å². The topological polar surface area (TPSA) is 140 Å². The Hall–Kier alpha value is -2.93. The third kappa shape index (κ3) is 12.1. The number of esters is 1. The Morgan fingerprint density at radius 2 is 1.67 bits per heavy atom. The Morgan fingerprint density at radius 1 is 1.04 bits per heavy atom. The molecule has 0 saturated carbocycles. The van der Waals surface area contributed by atoms with Crippen molar-refractivity contribution in [3.63, 3.8) is 0 Å². The molecule has 1 saturated heterocycles.